The van der Waals surface area contributed by atoms with E-state index in [1.54, 1.807) is 12.1 Å². The Morgan fingerprint density at radius 3 is 2.47 bits per heavy atom. The van der Waals surface area contributed by atoms with E-state index >= 15 is 0 Å². The van der Waals surface area contributed by atoms with E-state index < -0.39 is 0 Å². The Hall–Kier alpha value is -0.750. The van der Waals surface area contributed by atoms with Crippen molar-refractivity contribution in [2.75, 3.05) is 19.5 Å². The van der Waals surface area contributed by atoms with Crippen molar-refractivity contribution >= 4 is 43.5 Å². The molecule has 0 bridgehead atoms. The second kappa shape index (κ2) is 6.86. The zero-order chi connectivity index (χ0) is 12.8. The maximum absolute atomic E-state index is 10.9. The Balaban J connectivity index is 2.50. The molecule has 6 heteroatoms. The molecule has 0 aromatic heterocycles. The molecule has 0 fully saturated rings. The third-order valence-corrected chi connectivity index (χ3v) is 3.20. The molecule has 17 heavy (non-hydrogen) atoms. The van der Waals surface area contributed by atoms with Crippen LogP contribution >= 0.6 is 31.9 Å². The number of rotatable bonds is 5. The van der Waals surface area contributed by atoms with Gasteiger partial charge in [0, 0.05) is 12.1 Å². The van der Waals surface area contributed by atoms with Crippen molar-refractivity contribution in [2.24, 2.45) is 0 Å². The summed E-state index contributed by atoms with van der Waals surface area (Å²) in [6, 6.07) is 3.53. The van der Waals surface area contributed by atoms with Crippen molar-refractivity contribution < 1.29 is 14.3 Å². The summed E-state index contributed by atoms with van der Waals surface area (Å²) in [6.45, 7) is 0.441. The third-order valence-electron chi connectivity index (χ3n) is 2.02. The summed E-state index contributed by atoms with van der Waals surface area (Å²) in [5, 5.41) is 0. The van der Waals surface area contributed by atoms with E-state index in [0.29, 0.717) is 30.9 Å². The van der Waals surface area contributed by atoms with Gasteiger partial charge in [-0.15, -0.1) is 0 Å². The van der Waals surface area contributed by atoms with Crippen LogP contribution in [0.2, 0.25) is 0 Å². The van der Waals surface area contributed by atoms with Gasteiger partial charge in [-0.2, -0.15) is 0 Å². The number of hydrogen-bond donors (Lipinski definition) is 1. The monoisotopic (exact) mass is 365 g/mol. The zero-order valence-corrected chi connectivity index (χ0v) is 12.5. The Kier molecular flexibility index (Phi) is 5.77. The standard InChI is InChI=1S/C11H13Br2NO3/c1-16-10(15)3-2-4-17-11-8(12)5-7(14)6-9(11)13/h5-6H,2-4,14H2,1H3. The van der Waals surface area contributed by atoms with Crippen LogP contribution in [0, 0.1) is 0 Å². The lowest BCUT2D eigenvalue weighted by molar-refractivity contribution is -0.140. The topological polar surface area (TPSA) is 61.5 Å². The SMILES string of the molecule is COC(=O)CCCOc1c(Br)cc(N)cc1Br. The molecule has 0 atom stereocenters. The maximum atomic E-state index is 10.9. The fourth-order valence-electron chi connectivity index (χ4n) is 1.21. The van der Waals surface area contributed by atoms with Gasteiger partial charge in [-0.3, -0.25) is 4.79 Å². The van der Waals surface area contributed by atoms with Crippen molar-refractivity contribution in [1.29, 1.82) is 0 Å². The minimum Gasteiger partial charge on any atom is -0.491 e. The Labute approximate surface area is 117 Å². The molecule has 0 aliphatic rings. The number of esters is 1. The van der Waals surface area contributed by atoms with Crippen LogP contribution in [0.3, 0.4) is 0 Å². The first-order valence-electron chi connectivity index (χ1n) is 4.98. The summed E-state index contributed by atoms with van der Waals surface area (Å²) in [5.41, 5.74) is 6.31. The number of ether oxygens (including phenoxy) is 2. The molecule has 0 spiro atoms. The lowest BCUT2D eigenvalue weighted by Crippen LogP contribution is -2.05. The van der Waals surface area contributed by atoms with Crippen molar-refractivity contribution in [3.63, 3.8) is 0 Å². The first-order chi connectivity index (χ1) is 8.04. The van der Waals surface area contributed by atoms with Gasteiger partial charge >= 0.3 is 5.97 Å². The molecular weight excluding hydrogens is 354 g/mol. The van der Waals surface area contributed by atoms with Crippen LogP contribution in [0.4, 0.5) is 5.69 Å². The lowest BCUT2D eigenvalue weighted by Gasteiger charge is -2.10. The summed E-state index contributed by atoms with van der Waals surface area (Å²) in [5.74, 6) is 0.452. The Morgan fingerprint density at radius 1 is 1.35 bits per heavy atom. The van der Waals surface area contributed by atoms with Crippen molar-refractivity contribution in [3.8, 4) is 5.75 Å². The van der Waals surface area contributed by atoms with Crippen molar-refractivity contribution in [2.45, 2.75) is 12.8 Å². The van der Waals surface area contributed by atoms with Gasteiger partial charge in [0.15, 0.2) is 0 Å². The Bertz CT molecular complexity index is 387. The first-order valence-corrected chi connectivity index (χ1v) is 6.57. The first kappa shape index (κ1) is 14.3. The molecule has 1 rings (SSSR count). The summed E-state index contributed by atoms with van der Waals surface area (Å²) in [6.07, 6.45) is 0.955. The molecule has 0 heterocycles. The minimum absolute atomic E-state index is 0.232. The van der Waals surface area contributed by atoms with Crippen LogP contribution in [0.5, 0.6) is 5.75 Å². The van der Waals surface area contributed by atoms with Gasteiger partial charge in [0.05, 0.1) is 22.7 Å². The lowest BCUT2D eigenvalue weighted by atomic mass is 10.3. The number of carbonyl (C=O) groups is 1. The predicted octanol–water partition coefficient (Wildman–Crippen LogP) is 3.13. The van der Waals surface area contributed by atoms with Crippen LogP contribution < -0.4 is 10.5 Å². The van der Waals surface area contributed by atoms with Crippen LogP contribution in [0.25, 0.3) is 0 Å². The third kappa shape index (κ3) is 4.55. The molecule has 0 aliphatic heterocycles. The van der Waals surface area contributed by atoms with Crippen LogP contribution in [0.15, 0.2) is 21.1 Å². The molecule has 0 saturated heterocycles. The highest BCUT2D eigenvalue weighted by atomic mass is 79.9. The molecule has 0 amide bonds. The number of methoxy groups -OCH3 is 1. The van der Waals surface area contributed by atoms with E-state index in [-0.39, 0.29) is 5.97 Å². The number of hydrogen-bond acceptors (Lipinski definition) is 4. The highest BCUT2D eigenvalue weighted by Gasteiger charge is 2.08. The van der Waals surface area contributed by atoms with Crippen LogP contribution in [-0.4, -0.2) is 19.7 Å². The number of anilines is 1. The number of benzene rings is 1. The van der Waals surface area contributed by atoms with Gasteiger partial charge in [-0.1, -0.05) is 0 Å². The van der Waals surface area contributed by atoms with E-state index in [9.17, 15) is 4.79 Å². The van der Waals surface area contributed by atoms with E-state index in [1.165, 1.54) is 7.11 Å². The molecule has 2 N–H and O–H groups in total. The average molecular weight is 367 g/mol. The second-order valence-corrected chi connectivity index (χ2v) is 5.05. The number of halogens is 2. The summed E-state index contributed by atoms with van der Waals surface area (Å²) < 4.78 is 11.7. The number of carbonyl (C=O) groups excluding carboxylic acids is 1. The van der Waals surface area contributed by atoms with Crippen molar-refractivity contribution in [3.05, 3.63) is 21.1 Å². The van der Waals surface area contributed by atoms with E-state index in [0.717, 1.165) is 8.95 Å². The Morgan fingerprint density at radius 2 is 1.94 bits per heavy atom. The van der Waals surface area contributed by atoms with E-state index in [2.05, 4.69) is 36.6 Å². The fourth-order valence-corrected chi connectivity index (χ4v) is 2.66. The summed E-state index contributed by atoms with van der Waals surface area (Å²) in [7, 11) is 1.37. The number of nitrogen functional groups attached to an aromatic ring is 1. The molecule has 0 unspecified atom stereocenters. The molecule has 94 valence electrons. The molecule has 0 aliphatic carbocycles. The second-order valence-electron chi connectivity index (χ2n) is 3.34. The minimum atomic E-state index is -0.232. The van der Waals surface area contributed by atoms with E-state index in [1.807, 2.05) is 0 Å². The highest BCUT2D eigenvalue weighted by Crippen LogP contribution is 2.35. The van der Waals surface area contributed by atoms with Gasteiger partial charge < -0.3 is 15.2 Å². The normalized spacial score (nSPS) is 10.1. The quantitative estimate of drug-likeness (QED) is 0.494. The van der Waals surface area contributed by atoms with Crippen molar-refractivity contribution in [1.82, 2.24) is 0 Å². The van der Waals surface area contributed by atoms with Gasteiger partial charge in [0.1, 0.15) is 5.75 Å². The molecule has 0 saturated carbocycles. The maximum Gasteiger partial charge on any atom is 0.305 e. The molecular formula is C11H13Br2NO3. The largest absolute Gasteiger partial charge is 0.491 e. The summed E-state index contributed by atoms with van der Waals surface area (Å²) in [4.78, 5) is 10.9. The van der Waals surface area contributed by atoms with Gasteiger partial charge in [0.2, 0.25) is 0 Å². The zero-order valence-electron chi connectivity index (χ0n) is 9.33. The fraction of sp³-hybridized carbons (Fsp3) is 0.364. The van der Waals surface area contributed by atoms with Gasteiger partial charge in [-0.25, -0.2) is 0 Å². The molecule has 4 nitrogen and oxygen atoms in total. The van der Waals surface area contributed by atoms with Crippen LogP contribution in [-0.2, 0) is 9.53 Å². The van der Waals surface area contributed by atoms with E-state index in [4.69, 9.17) is 10.5 Å². The molecule has 0 radical (unpaired) electrons. The smallest absolute Gasteiger partial charge is 0.305 e. The highest BCUT2D eigenvalue weighted by molar-refractivity contribution is 9.11. The number of nitrogens with two attached hydrogens (primary N) is 1. The summed E-state index contributed by atoms with van der Waals surface area (Å²) >= 11 is 6.73. The molecule has 1 aromatic carbocycles. The molecule has 1 aromatic rings. The van der Waals surface area contributed by atoms with Crippen LogP contribution in [0.1, 0.15) is 12.8 Å². The van der Waals surface area contributed by atoms with Gasteiger partial charge in [-0.05, 0) is 50.4 Å². The predicted molar refractivity (Wildman–Crippen MR) is 73.0 cm³/mol. The van der Waals surface area contributed by atoms with Gasteiger partial charge in [0.25, 0.3) is 0 Å². The average Bonchev–Trinajstić information content (AvgIpc) is 2.26.